The zero-order valence-corrected chi connectivity index (χ0v) is 6.95. The maximum atomic E-state index is 10.5. The summed E-state index contributed by atoms with van der Waals surface area (Å²) in [5, 5.41) is 0. The summed E-state index contributed by atoms with van der Waals surface area (Å²) >= 11 is 0. The Morgan fingerprint density at radius 1 is 1.46 bits per heavy atom. The van der Waals surface area contributed by atoms with Gasteiger partial charge in [0, 0.05) is 6.08 Å². The topological polar surface area (TPSA) is 80.7 Å². The summed E-state index contributed by atoms with van der Waals surface area (Å²) in [5.74, 6) is -0.947. The molecule has 0 spiro atoms. The number of hydrogen-bond donors (Lipinski definition) is 1. The van der Waals surface area contributed by atoms with Gasteiger partial charge in [0.2, 0.25) is 5.44 Å². The van der Waals surface area contributed by atoms with Crippen LogP contribution in [0.3, 0.4) is 0 Å². The fourth-order valence-corrected chi connectivity index (χ4v) is 0.853. The molecule has 0 saturated carbocycles. The first-order valence-corrected chi connectivity index (χ1v) is 4.34. The molecular weight excluding hydrogens is 207 g/mol. The van der Waals surface area contributed by atoms with Crippen molar-refractivity contribution in [3.05, 3.63) is 25.3 Å². The van der Waals surface area contributed by atoms with Crippen LogP contribution in [-0.4, -0.2) is 53.9 Å². The van der Waals surface area contributed by atoms with Crippen LogP contribution >= 0.6 is 0 Å². The van der Waals surface area contributed by atoms with Crippen LogP contribution in [-0.2, 0) is 19.6 Å². The minimum atomic E-state index is -4.43. The second-order valence-electron chi connectivity index (χ2n) is 1.76. The third-order valence-corrected chi connectivity index (χ3v) is 1.76. The molecule has 5 nitrogen and oxygen atoms in total. The van der Waals surface area contributed by atoms with Crippen LogP contribution in [0.2, 0.25) is 0 Å². The van der Waals surface area contributed by atoms with Crippen molar-refractivity contribution in [1.29, 1.82) is 0 Å². The van der Waals surface area contributed by atoms with E-state index < -0.39 is 21.5 Å². The van der Waals surface area contributed by atoms with E-state index in [0.29, 0.717) is 0 Å². The molecule has 0 aliphatic heterocycles. The van der Waals surface area contributed by atoms with Crippen molar-refractivity contribution in [2.45, 2.75) is 5.44 Å². The molecule has 0 radical (unpaired) electrons. The van der Waals surface area contributed by atoms with Crippen molar-refractivity contribution in [3.8, 4) is 0 Å². The maximum absolute atomic E-state index is 10.5. The molecule has 0 saturated heterocycles. The van der Waals surface area contributed by atoms with E-state index in [0.717, 1.165) is 12.2 Å². The molecule has 0 amide bonds. The second kappa shape index (κ2) is 6.33. The Bertz CT molecular complexity index is 294. The van der Waals surface area contributed by atoms with Gasteiger partial charge in [-0.1, -0.05) is 13.2 Å². The third-order valence-electron chi connectivity index (χ3n) is 0.885. The number of carbonyl (C=O) groups excluding carboxylic acids is 1. The van der Waals surface area contributed by atoms with Crippen LogP contribution < -0.4 is 0 Å². The van der Waals surface area contributed by atoms with E-state index in [9.17, 15) is 13.2 Å². The summed E-state index contributed by atoms with van der Waals surface area (Å²) in [6.07, 6.45) is 1.57. The van der Waals surface area contributed by atoms with Gasteiger partial charge in [-0.15, -0.1) is 0 Å². The van der Waals surface area contributed by atoms with Gasteiger partial charge in [0.25, 0.3) is 0 Å². The van der Waals surface area contributed by atoms with E-state index in [-0.39, 0.29) is 29.6 Å². The Balaban J connectivity index is 0. The van der Waals surface area contributed by atoms with E-state index in [1.54, 1.807) is 0 Å². The molecule has 0 bridgehead atoms. The Labute approximate surface area is 98.5 Å². The Morgan fingerprint density at radius 3 is 2.15 bits per heavy atom. The number of hydrogen-bond acceptors (Lipinski definition) is 4. The van der Waals surface area contributed by atoms with Crippen LogP contribution in [0.5, 0.6) is 0 Å². The van der Waals surface area contributed by atoms with Gasteiger partial charge < -0.3 is 4.74 Å². The summed E-state index contributed by atoms with van der Waals surface area (Å²) < 4.78 is 33.4. The zero-order chi connectivity index (χ0) is 9.78. The molecule has 0 aliphatic carbocycles. The van der Waals surface area contributed by atoms with Crippen molar-refractivity contribution < 1.29 is 22.5 Å². The van der Waals surface area contributed by atoms with Crippen LogP contribution in [0.1, 0.15) is 0 Å². The molecule has 0 aromatic carbocycles. The summed E-state index contributed by atoms with van der Waals surface area (Å²) in [4.78, 5) is 10.5. The summed E-state index contributed by atoms with van der Waals surface area (Å²) in [6.45, 7) is 6.11. The Kier molecular flexibility index (Phi) is 7.47. The molecule has 0 aromatic heterocycles. The summed E-state index contributed by atoms with van der Waals surface area (Å²) in [5.41, 5.74) is -1.73. The predicted molar refractivity (Wildman–Crippen MR) is 49.0 cm³/mol. The molecule has 7 heteroatoms. The van der Waals surface area contributed by atoms with Crippen LogP contribution in [0, 0.1) is 0 Å². The van der Waals surface area contributed by atoms with Crippen LogP contribution in [0.15, 0.2) is 25.3 Å². The first-order valence-electron chi connectivity index (χ1n) is 2.83. The van der Waals surface area contributed by atoms with Crippen molar-refractivity contribution in [2.75, 3.05) is 0 Å². The normalized spacial score (nSPS) is 12.1. The minimum absolute atomic E-state index is 0. The molecular formula is C6H9NaO5S. The zero-order valence-electron chi connectivity index (χ0n) is 6.13. The first-order chi connectivity index (χ1) is 5.41. The van der Waals surface area contributed by atoms with Gasteiger partial charge in [-0.25, -0.2) is 4.79 Å². The van der Waals surface area contributed by atoms with E-state index in [2.05, 4.69) is 17.9 Å². The van der Waals surface area contributed by atoms with Gasteiger partial charge in [-0.3, -0.25) is 4.55 Å². The number of rotatable bonds is 4. The Morgan fingerprint density at radius 2 is 1.92 bits per heavy atom. The average molecular weight is 216 g/mol. The summed E-state index contributed by atoms with van der Waals surface area (Å²) in [6, 6.07) is 0. The Hall–Kier alpha value is -0.140. The molecule has 1 N–H and O–H groups in total. The number of carbonyl (C=O) groups is 1. The fourth-order valence-electron chi connectivity index (χ4n) is 0.393. The molecule has 0 heterocycles. The van der Waals surface area contributed by atoms with Crippen molar-refractivity contribution in [2.24, 2.45) is 0 Å². The molecule has 70 valence electrons. The summed E-state index contributed by atoms with van der Waals surface area (Å²) in [7, 11) is -4.43. The van der Waals surface area contributed by atoms with E-state index in [1.807, 2.05) is 0 Å². The van der Waals surface area contributed by atoms with E-state index in [4.69, 9.17) is 4.55 Å². The predicted octanol–water partition coefficient (Wildman–Crippen LogP) is -0.533. The van der Waals surface area contributed by atoms with Crippen molar-refractivity contribution in [3.63, 3.8) is 0 Å². The first kappa shape index (κ1) is 15.3. The van der Waals surface area contributed by atoms with Crippen LogP contribution in [0.25, 0.3) is 0 Å². The van der Waals surface area contributed by atoms with Gasteiger partial charge in [0.05, 0.1) is 0 Å². The molecule has 13 heavy (non-hydrogen) atoms. The average Bonchev–Trinajstić information content (AvgIpc) is 1.97. The quantitative estimate of drug-likeness (QED) is 0.224. The van der Waals surface area contributed by atoms with Gasteiger partial charge in [0.1, 0.15) is 0 Å². The molecule has 0 fully saturated rings. The van der Waals surface area contributed by atoms with Gasteiger partial charge >= 0.3 is 45.6 Å². The molecule has 1 atom stereocenters. The van der Waals surface area contributed by atoms with Crippen LogP contribution in [0.4, 0.5) is 0 Å². The number of esters is 1. The van der Waals surface area contributed by atoms with E-state index in [1.165, 1.54) is 0 Å². The molecule has 0 rings (SSSR count). The third kappa shape index (κ3) is 6.00. The molecule has 0 aromatic rings. The van der Waals surface area contributed by atoms with Crippen molar-refractivity contribution in [1.82, 2.24) is 0 Å². The number of ether oxygens (including phenoxy) is 1. The monoisotopic (exact) mass is 216 g/mol. The molecule has 1 unspecified atom stereocenters. The van der Waals surface area contributed by atoms with Gasteiger partial charge in [-0.05, 0) is 6.08 Å². The fraction of sp³-hybridized carbons (Fsp3) is 0.167. The van der Waals surface area contributed by atoms with Gasteiger partial charge in [-0.2, -0.15) is 8.42 Å². The second-order valence-corrected chi connectivity index (χ2v) is 3.25. The van der Waals surface area contributed by atoms with Gasteiger partial charge in [0.15, 0.2) is 0 Å². The molecule has 0 aliphatic rings. The SMILES string of the molecule is C=CC(=O)OC(C=C)S(=O)(=O)O.[NaH]. The standard InChI is InChI=1S/C6H8O5S.Na.H/c1-3-5(7)11-6(4-2)12(8,9)10;;/h3-4,6H,1-2H2,(H,8,9,10);;. The van der Waals surface area contributed by atoms with Crippen molar-refractivity contribution >= 4 is 45.6 Å². The van der Waals surface area contributed by atoms with E-state index >= 15 is 0 Å².